The molecule has 2 aromatic rings. The Morgan fingerprint density at radius 1 is 1.43 bits per heavy atom. The van der Waals surface area contributed by atoms with Gasteiger partial charge in [-0.25, -0.2) is 9.98 Å². The van der Waals surface area contributed by atoms with Crippen LogP contribution in [0.4, 0.5) is 11.4 Å². The number of anilines is 2. The monoisotopic (exact) mass is 282 g/mol. The van der Waals surface area contributed by atoms with Gasteiger partial charge in [-0.15, -0.1) is 0 Å². The van der Waals surface area contributed by atoms with E-state index in [1.54, 1.807) is 24.3 Å². The summed E-state index contributed by atoms with van der Waals surface area (Å²) in [5, 5.41) is 10.0. The summed E-state index contributed by atoms with van der Waals surface area (Å²) in [7, 11) is 0. The normalized spacial score (nSPS) is 10.5. The van der Waals surface area contributed by atoms with Crippen molar-refractivity contribution in [3.05, 3.63) is 48.1 Å². The van der Waals surface area contributed by atoms with Crippen LogP contribution in [0.5, 0.6) is 0 Å². The fourth-order valence-corrected chi connectivity index (χ4v) is 1.51. The summed E-state index contributed by atoms with van der Waals surface area (Å²) in [6, 6.07) is 6.82. The molecule has 0 radical (unpaired) electrons. The molecule has 0 aliphatic carbocycles. The molecule has 0 spiro atoms. The Bertz CT molecular complexity index is 699. The Balaban J connectivity index is 2.05. The van der Waals surface area contributed by atoms with Crippen molar-refractivity contribution in [3.63, 3.8) is 0 Å². The van der Waals surface area contributed by atoms with Crippen LogP contribution in [0.2, 0.25) is 0 Å². The van der Waals surface area contributed by atoms with Crippen LogP contribution in [0.3, 0.4) is 0 Å². The van der Waals surface area contributed by atoms with Crippen LogP contribution in [0.15, 0.2) is 41.5 Å². The van der Waals surface area contributed by atoms with Crippen LogP contribution < -0.4 is 11.1 Å². The van der Waals surface area contributed by atoms with Crippen LogP contribution in [0.25, 0.3) is 6.08 Å². The highest BCUT2D eigenvalue weighted by molar-refractivity contribution is 6.03. The number of amidine groups is 1. The molecule has 0 bridgehead atoms. The maximum absolute atomic E-state index is 12.0. The maximum Gasteiger partial charge on any atom is 0.273 e. The Labute approximate surface area is 121 Å². The first-order valence-corrected chi connectivity index (χ1v) is 6.04. The molecule has 0 saturated carbocycles. The summed E-state index contributed by atoms with van der Waals surface area (Å²) >= 11 is 0. The van der Waals surface area contributed by atoms with Gasteiger partial charge >= 0.3 is 0 Å². The lowest BCUT2D eigenvalue weighted by Gasteiger charge is -2.03. The minimum Gasteiger partial charge on any atom is -0.399 e. The first kappa shape index (κ1) is 14.2. The molecule has 7 heteroatoms. The number of aliphatic imine (C=N–C) groups is 1. The van der Waals surface area contributed by atoms with Crippen LogP contribution >= 0.6 is 0 Å². The Morgan fingerprint density at radius 2 is 2.14 bits per heavy atom. The Kier molecular flexibility index (Phi) is 4.25. The predicted octanol–water partition coefficient (Wildman–Crippen LogP) is 1.94. The lowest BCUT2D eigenvalue weighted by atomic mass is 10.3. The molecule has 2 rings (SSSR count). The number of carbonyl (C=O) groups is 1. The maximum atomic E-state index is 12.0. The molecule has 0 saturated heterocycles. The first-order valence-electron chi connectivity index (χ1n) is 6.04. The predicted molar refractivity (Wildman–Crippen MR) is 83.7 cm³/mol. The zero-order valence-electron chi connectivity index (χ0n) is 11.1. The number of amides is 1. The Morgan fingerprint density at radius 3 is 2.81 bits per heavy atom. The van der Waals surface area contributed by atoms with Gasteiger partial charge < -0.3 is 16.0 Å². The van der Waals surface area contributed by atoms with E-state index < -0.39 is 0 Å². The van der Waals surface area contributed by atoms with Crippen molar-refractivity contribution < 1.29 is 4.79 Å². The number of benzene rings is 1. The van der Waals surface area contributed by atoms with Gasteiger partial charge in [0, 0.05) is 11.4 Å². The van der Waals surface area contributed by atoms with Crippen molar-refractivity contribution in [2.24, 2.45) is 4.99 Å². The van der Waals surface area contributed by atoms with Crippen molar-refractivity contribution in [1.82, 2.24) is 9.97 Å². The average molecular weight is 282 g/mol. The lowest BCUT2D eigenvalue weighted by Crippen LogP contribution is -2.12. The van der Waals surface area contributed by atoms with Gasteiger partial charge in [0.15, 0.2) is 0 Å². The van der Waals surface area contributed by atoms with E-state index in [9.17, 15) is 4.79 Å². The molecule has 0 aliphatic heterocycles. The van der Waals surface area contributed by atoms with E-state index >= 15 is 0 Å². The van der Waals surface area contributed by atoms with Crippen LogP contribution in [-0.4, -0.2) is 28.4 Å². The highest BCUT2D eigenvalue weighted by Gasteiger charge is 2.08. The summed E-state index contributed by atoms with van der Waals surface area (Å²) in [4.78, 5) is 22.3. The zero-order valence-corrected chi connectivity index (χ0v) is 11.1. The van der Waals surface area contributed by atoms with Crippen molar-refractivity contribution in [2.45, 2.75) is 0 Å². The van der Waals surface area contributed by atoms with E-state index in [4.69, 9.17) is 11.1 Å². The molecule has 0 fully saturated rings. The molecule has 7 nitrogen and oxygen atoms in total. The molecule has 106 valence electrons. The molecule has 1 aromatic carbocycles. The molecule has 1 amide bonds. The number of carbonyl (C=O) groups excluding carboxylic acids is 1. The van der Waals surface area contributed by atoms with Crippen molar-refractivity contribution >= 4 is 35.9 Å². The van der Waals surface area contributed by atoms with E-state index in [0.29, 0.717) is 22.9 Å². The second kappa shape index (κ2) is 6.29. The number of nitrogens with two attached hydrogens (primary N) is 1. The Hall–Kier alpha value is -3.22. The van der Waals surface area contributed by atoms with Crippen molar-refractivity contribution in [2.75, 3.05) is 11.1 Å². The molecule has 1 heterocycles. The quantitative estimate of drug-likeness (QED) is 0.389. The second-order valence-corrected chi connectivity index (χ2v) is 4.13. The van der Waals surface area contributed by atoms with Gasteiger partial charge in [-0.1, -0.05) is 0 Å². The summed E-state index contributed by atoms with van der Waals surface area (Å²) in [6.07, 6.45) is 4.38. The molecule has 0 unspecified atom stereocenters. The molecular weight excluding hydrogens is 268 g/mol. The summed E-state index contributed by atoms with van der Waals surface area (Å²) in [6.45, 7) is 3.23. The number of nitrogens with one attached hydrogen (secondary N) is 3. The largest absolute Gasteiger partial charge is 0.399 e. The number of hydrogen-bond acceptors (Lipinski definition) is 4. The SMILES string of the molecule is C=NC(=N)/C=C\c1ncc(C(=O)Nc2ccc(N)cc2)[nH]1. The van der Waals surface area contributed by atoms with Crippen molar-refractivity contribution in [1.29, 1.82) is 5.41 Å². The third-order valence-electron chi connectivity index (χ3n) is 2.58. The molecule has 5 N–H and O–H groups in total. The minimum atomic E-state index is -0.316. The van der Waals surface area contributed by atoms with E-state index in [1.807, 2.05) is 0 Å². The van der Waals surface area contributed by atoms with Gasteiger partial charge in [0.05, 0.1) is 6.20 Å². The molecule has 0 aliphatic rings. The second-order valence-electron chi connectivity index (χ2n) is 4.13. The number of hydrogen-bond donors (Lipinski definition) is 4. The highest BCUT2D eigenvalue weighted by Crippen LogP contribution is 2.11. The number of aromatic nitrogens is 2. The number of nitrogen functional groups attached to an aromatic ring is 1. The van der Waals surface area contributed by atoms with E-state index in [1.165, 1.54) is 18.3 Å². The average Bonchev–Trinajstić information content (AvgIpc) is 2.96. The van der Waals surface area contributed by atoms with Gasteiger partial charge in [-0.05, 0) is 43.1 Å². The molecule has 0 atom stereocenters. The number of aromatic amines is 1. The minimum absolute atomic E-state index is 0.0132. The van der Waals surface area contributed by atoms with E-state index in [0.717, 1.165) is 0 Å². The molecule has 21 heavy (non-hydrogen) atoms. The smallest absolute Gasteiger partial charge is 0.273 e. The zero-order chi connectivity index (χ0) is 15.2. The highest BCUT2D eigenvalue weighted by atomic mass is 16.1. The van der Waals surface area contributed by atoms with E-state index in [2.05, 4.69) is 27.0 Å². The summed E-state index contributed by atoms with van der Waals surface area (Å²) < 4.78 is 0. The number of imidazole rings is 1. The third kappa shape index (κ3) is 3.87. The third-order valence-corrected chi connectivity index (χ3v) is 2.58. The summed E-state index contributed by atoms with van der Waals surface area (Å²) in [5.41, 5.74) is 7.15. The number of H-pyrrole nitrogens is 1. The van der Waals surface area contributed by atoms with E-state index in [-0.39, 0.29) is 11.7 Å². The topological polar surface area (TPSA) is 120 Å². The van der Waals surface area contributed by atoms with Gasteiger partial charge in [-0.3, -0.25) is 10.2 Å². The van der Waals surface area contributed by atoms with Gasteiger partial charge in [0.25, 0.3) is 5.91 Å². The fraction of sp³-hybridized carbons (Fsp3) is 0. The van der Waals surface area contributed by atoms with Crippen LogP contribution in [-0.2, 0) is 0 Å². The van der Waals surface area contributed by atoms with Crippen LogP contribution in [0, 0.1) is 5.41 Å². The number of nitrogens with zero attached hydrogens (tertiary/aromatic N) is 2. The van der Waals surface area contributed by atoms with Crippen LogP contribution in [0.1, 0.15) is 16.3 Å². The van der Waals surface area contributed by atoms with Gasteiger partial charge in [0.1, 0.15) is 17.4 Å². The van der Waals surface area contributed by atoms with Gasteiger partial charge in [0.2, 0.25) is 0 Å². The van der Waals surface area contributed by atoms with Crippen molar-refractivity contribution in [3.8, 4) is 0 Å². The fourth-order valence-electron chi connectivity index (χ4n) is 1.51. The van der Waals surface area contributed by atoms with Gasteiger partial charge in [-0.2, -0.15) is 0 Å². The molecule has 1 aromatic heterocycles. The number of rotatable bonds is 4. The lowest BCUT2D eigenvalue weighted by molar-refractivity contribution is 0.102. The first-order chi connectivity index (χ1) is 10.1. The standard InChI is InChI=1S/C14H14N6O/c1-17-12(16)6-7-13-18-8-11(20-13)14(21)19-10-4-2-9(15)3-5-10/h2-8,16H,1,15H2,(H,18,20)(H,19,21)/b7-6-,16-12?. The summed E-state index contributed by atoms with van der Waals surface area (Å²) in [5.74, 6) is 0.147. The molecular formula is C14H14N6O.